The van der Waals surface area contributed by atoms with Crippen LogP contribution in [0, 0.1) is 0 Å². The molecule has 1 heterocycles. The molecule has 1 aromatic carbocycles. The zero-order chi connectivity index (χ0) is 14.7. The zero-order valence-corrected chi connectivity index (χ0v) is 11.5. The first-order valence-corrected chi connectivity index (χ1v) is 6.49. The highest BCUT2D eigenvalue weighted by molar-refractivity contribution is 5.92. The number of benzene rings is 1. The number of nitrogens with one attached hydrogen (secondary N) is 1. The summed E-state index contributed by atoms with van der Waals surface area (Å²) in [6, 6.07) is 4.85. The second-order valence-corrected chi connectivity index (χ2v) is 4.47. The fourth-order valence-corrected chi connectivity index (χ4v) is 2.16. The van der Waals surface area contributed by atoms with E-state index in [1.165, 1.54) is 0 Å². The molecule has 1 amide bonds. The summed E-state index contributed by atoms with van der Waals surface area (Å²) < 4.78 is 1.91. The Hall–Kier alpha value is -2.37. The van der Waals surface area contributed by atoms with Crippen molar-refractivity contribution in [2.45, 2.75) is 26.3 Å². The van der Waals surface area contributed by atoms with Gasteiger partial charge in [0, 0.05) is 26.4 Å². The molecular weight excluding hydrogens is 258 g/mol. The van der Waals surface area contributed by atoms with E-state index in [0.717, 1.165) is 23.3 Å². The molecule has 0 spiro atoms. The lowest BCUT2D eigenvalue weighted by Gasteiger charge is -2.07. The Morgan fingerprint density at radius 2 is 2.15 bits per heavy atom. The number of aromatic nitrogens is 2. The molecule has 0 fully saturated rings. The Bertz CT molecular complexity index is 661. The zero-order valence-electron chi connectivity index (χ0n) is 11.5. The molecule has 0 bridgehead atoms. The van der Waals surface area contributed by atoms with Crippen molar-refractivity contribution in [1.82, 2.24) is 14.9 Å². The van der Waals surface area contributed by atoms with Gasteiger partial charge in [0.1, 0.15) is 5.82 Å². The lowest BCUT2D eigenvalue weighted by atomic mass is 10.2. The fraction of sp³-hybridized carbons (Fsp3) is 0.357. The Labute approximate surface area is 116 Å². The molecule has 6 heteroatoms. The summed E-state index contributed by atoms with van der Waals surface area (Å²) in [4.78, 5) is 26.9. The molecule has 20 heavy (non-hydrogen) atoms. The van der Waals surface area contributed by atoms with Gasteiger partial charge in [-0.25, -0.2) is 9.78 Å². The van der Waals surface area contributed by atoms with Crippen LogP contribution in [0.25, 0.3) is 11.0 Å². The summed E-state index contributed by atoms with van der Waals surface area (Å²) in [7, 11) is 1.59. The van der Waals surface area contributed by atoms with Crippen molar-refractivity contribution in [1.29, 1.82) is 0 Å². The van der Waals surface area contributed by atoms with E-state index in [9.17, 15) is 9.59 Å². The van der Waals surface area contributed by atoms with Crippen molar-refractivity contribution >= 4 is 22.9 Å². The maximum absolute atomic E-state index is 11.4. The standard InChI is InChI=1S/C14H17N3O3/c1-3-12-16-10-5-4-9(14(19)20)8-11(10)17(12)7-6-13(18)15-2/h4-5,8H,3,6-7H2,1-2H3,(H,15,18)(H,19,20). The van der Waals surface area contributed by atoms with Crippen molar-refractivity contribution in [3.8, 4) is 0 Å². The first-order valence-electron chi connectivity index (χ1n) is 6.49. The number of carboxylic acid groups (broad SMARTS) is 1. The highest BCUT2D eigenvalue weighted by Gasteiger charge is 2.13. The van der Waals surface area contributed by atoms with Gasteiger partial charge in [0.05, 0.1) is 16.6 Å². The number of amides is 1. The molecule has 0 atom stereocenters. The van der Waals surface area contributed by atoms with E-state index in [0.29, 0.717) is 13.0 Å². The van der Waals surface area contributed by atoms with Crippen LogP contribution in [0.1, 0.15) is 29.5 Å². The molecule has 0 unspecified atom stereocenters. The van der Waals surface area contributed by atoms with E-state index in [2.05, 4.69) is 10.3 Å². The number of carboxylic acids is 1. The molecule has 0 aliphatic rings. The maximum Gasteiger partial charge on any atom is 0.335 e. The number of hydrogen-bond acceptors (Lipinski definition) is 3. The Kier molecular flexibility index (Phi) is 4.02. The maximum atomic E-state index is 11.4. The second kappa shape index (κ2) is 5.73. The van der Waals surface area contributed by atoms with Gasteiger partial charge in [-0.3, -0.25) is 4.79 Å². The van der Waals surface area contributed by atoms with Gasteiger partial charge in [0.2, 0.25) is 5.91 Å². The monoisotopic (exact) mass is 275 g/mol. The summed E-state index contributed by atoms with van der Waals surface area (Å²) in [5, 5.41) is 11.6. The molecule has 106 valence electrons. The van der Waals surface area contributed by atoms with Crippen LogP contribution < -0.4 is 5.32 Å². The van der Waals surface area contributed by atoms with Crippen LogP contribution in [-0.2, 0) is 17.8 Å². The predicted molar refractivity (Wildman–Crippen MR) is 74.8 cm³/mol. The number of aryl methyl sites for hydroxylation is 2. The van der Waals surface area contributed by atoms with Crippen molar-refractivity contribution in [2.75, 3.05) is 7.05 Å². The summed E-state index contributed by atoms with van der Waals surface area (Å²) in [6.45, 7) is 2.47. The van der Waals surface area contributed by atoms with E-state index in [1.54, 1.807) is 25.2 Å². The topological polar surface area (TPSA) is 84.2 Å². The Morgan fingerprint density at radius 1 is 1.40 bits per heavy atom. The fourth-order valence-electron chi connectivity index (χ4n) is 2.16. The highest BCUT2D eigenvalue weighted by Crippen LogP contribution is 2.19. The van der Waals surface area contributed by atoms with E-state index < -0.39 is 5.97 Å². The second-order valence-electron chi connectivity index (χ2n) is 4.47. The van der Waals surface area contributed by atoms with Gasteiger partial charge in [-0.1, -0.05) is 6.92 Å². The number of aromatic carboxylic acids is 1. The van der Waals surface area contributed by atoms with Gasteiger partial charge in [0.15, 0.2) is 0 Å². The van der Waals surface area contributed by atoms with Crippen LogP contribution >= 0.6 is 0 Å². The summed E-state index contributed by atoms with van der Waals surface area (Å²) in [5.74, 6) is -0.168. The minimum absolute atomic E-state index is 0.0525. The number of fused-ring (bicyclic) bond motifs is 1. The summed E-state index contributed by atoms with van der Waals surface area (Å²) >= 11 is 0. The summed E-state index contributed by atoms with van der Waals surface area (Å²) in [6.07, 6.45) is 1.07. The van der Waals surface area contributed by atoms with Crippen LogP contribution in [0.5, 0.6) is 0 Å². The van der Waals surface area contributed by atoms with Crippen LogP contribution in [0.3, 0.4) is 0 Å². The van der Waals surface area contributed by atoms with Crippen LogP contribution in [-0.4, -0.2) is 33.6 Å². The lowest BCUT2D eigenvalue weighted by Crippen LogP contribution is -2.20. The number of hydrogen-bond donors (Lipinski definition) is 2. The molecule has 6 nitrogen and oxygen atoms in total. The molecule has 2 N–H and O–H groups in total. The SMILES string of the molecule is CCc1nc2ccc(C(=O)O)cc2n1CCC(=O)NC. The van der Waals surface area contributed by atoms with Crippen LogP contribution in [0.2, 0.25) is 0 Å². The van der Waals surface area contributed by atoms with E-state index in [-0.39, 0.29) is 11.5 Å². The van der Waals surface area contributed by atoms with Gasteiger partial charge in [-0.2, -0.15) is 0 Å². The molecular formula is C14H17N3O3. The molecule has 2 rings (SSSR count). The quantitative estimate of drug-likeness (QED) is 0.864. The number of carbonyl (C=O) groups excluding carboxylic acids is 1. The third kappa shape index (κ3) is 2.64. The average Bonchev–Trinajstić information content (AvgIpc) is 2.81. The van der Waals surface area contributed by atoms with Crippen LogP contribution in [0.15, 0.2) is 18.2 Å². The van der Waals surface area contributed by atoms with Crippen LogP contribution in [0.4, 0.5) is 0 Å². The molecule has 0 saturated carbocycles. The van der Waals surface area contributed by atoms with E-state index in [1.807, 2.05) is 11.5 Å². The number of nitrogens with zero attached hydrogens (tertiary/aromatic N) is 2. The van der Waals surface area contributed by atoms with E-state index in [4.69, 9.17) is 5.11 Å². The van der Waals surface area contributed by atoms with Gasteiger partial charge in [-0.05, 0) is 18.2 Å². The molecule has 0 aliphatic heterocycles. The lowest BCUT2D eigenvalue weighted by molar-refractivity contribution is -0.120. The van der Waals surface area contributed by atoms with Gasteiger partial charge in [0.25, 0.3) is 0 Å². The first kappa shape index (κ1) is 14.0. The summed E-state index contributed by atoms with van der Waals surface area (Å²) in [5.41, 5.74) is 1.73. The van der Waals surface area contributed by atoms with Crippen molar-refractivity contribution in [3.05, 3.63) is 29.6 Å². The normalized spacial score (nSPS) is 10.7. The predicted octanol–water partition coefficient (Wildman–Crippen LogP) is 1.43. The van der Waals surface area contributed by atoms with Gasteiger partial charge >= 0.3 is 5.97 Å². The molecule has 0 saturated heterocycles. The highest BCUT2D eigenvalue weighted by atomic mass is 16.4. The van der Waals surface area contributed by atoms with Gasteiger partial charge in [-0.15, -0.1) is 0 Å². The first-order chi connectivity index (χ1) is 9.56. The number of carbonyl (C=O) groups is 2. The largest absolute Gasteiger partial charge is 0.478 e. The molecule has 1 aromatic heterocycles. The van der Waals surface area contributed by atoms with Crippen molar-refractivity contribution < 1.29 is 14.7 Å². The van der Waals surface area contributed by atoms with Gasteiger partial charge < -0.3 is 15.0 Å². The van der Waals surface area contributed by atoms with Crippen molar-refractivity contribution in [2.24, 2.45) is 0 Å². The molecule has 0 aliphatic carbocycles. The number of imidazole rings is 1. The average molecular weight is 275 g/mol. The minimum Gasteiger partial charge on any atom is -0.478 e. The third-order valence-corrected chi connectivity index (χ3v) is 3.23. The number of rotatable bonds is 5. The Balaban J connectivity index is 2.45. The van der Waals surface area contributed by atoms with Crippen molar-refractivity contribution in [3.63, 3.8) is 0 Å². The molecule has 2 aromatic rings. The minimum atomic E-state index is -0.969. The molecule has 0 radical (unpaired) electrons. The Morgan fingerprint density at radius 3 is 2.75 bits per heavy atom. The third-order valence-electron chi connectivity index (χ3n) is 3.23. The van der Waals surface area contributed by atoms with E-state index >= 15 is 0 Å². The smallest absolute Gasteiger partial charge is 0.335 e.